The van der Waals surface area contributed by atoms with E-state index in [2.05, 4.69) is 6.92 Å². The lowest BCUT2D eigenvalue weighted by molar-refractivity contribution is 0.0367. The quantitative estimate of drug-likeness (QED) is 0.546. The molecule has 2 nitrogen and oxygen atoms in total. The summed E-state index contributed by atoms with van der Waals surface area (Å²) in [7, 11) is 0. The normalized spacial score (nSPS) is 22.3. The maximum absolute atomic E-state index is 4.72. The first-order valence-electron chi connectivity index (χ1n) is 3.47. The highest BCUT2D eigenvalue weighted by atomic mass is 16.5. The Labute approximate surface area is 57.2 Å². The van der Waals surface area contributed by atoms with Crippen LogP contribution >= 0.6 is 0 Å². The van der Waals surface area contributed by atoms with E-state index in [4.69, 9.17) is 4.74 Å². The van der Waals surface area contributed by atoms with Gasteiger partial charge in [-0.2, -0.15) is 0 Å². The summed E-state index contributed by atoms with van der Waals surface area (Å²) in [6, 6.07) is 0. The van der Waals surface area contributed by atoms with E-state index in [1.165, 1.54) is 19.3 Å². The van der Waals surface area contributed by atoms with Gasteiger partial charge in [-0.05, 0) is 12.3 Å². The molecule has 3 N–H and O–H groups in total. The zero-order chi connectivity index (χ0) is 5.82. The van der Waals surface area contributed by atoms with Crippen LogP contribution in [-0.4, -0.2) is 13.2 Å². The molecule has 2 fully saturated rings. The summed E-state index contributed by atoms with van der Waals surface area (Å²) < 4.78 is 4.72. The Kier molecular flexibility index (Phi) is 4.72. The SMILES string of the molecule is C1COC1.CC1CC1.N. The number of hydrogen-bond donors (Lipinski definition) is 1. The Morgan fingerprint density at radius 2 is 1.44 bits per heavy atom. The molecule has 1 heterocycles. The molecule has 2 heteroatoms. The van der Waals surface area contributed by atoms with Crippen LogP contribution < -0.4 is 6.15 Å². The molecule has 1 aliphatic heterocycles. The van der Waals surface area contributed by atoms with Gasteiger partial charge in [0.25, 0.3) is 0 Å². The van der Waals surface area contributed by atoms with E-state index in [9.17, 15) is 0 Å². The summed E-state index contributed by atoms with van der Waals surface area (Å²) in [4.78, 5) is 0. The molecule has 2 aliphatic rings. The minimum atomic E-state index is 0. The minimum absolute atomic E-state index is 0. The third-order valence-corrected chi connectivity index (χ3v) is 1.44. The van der Waals surface area contributed by atoms with E-state index in [0.29, 0.717) is 0 Å². The van der Waals surface area contributed by atoms with Crippen molar-refractivity contribution < 1.29 is 4.74 Å². The molecular weight excluding hydrogens is 114 g/mol. The van der Waals surface area contributed by atoms with Crippen LogP contribution in [-0.2, 0) is 4.74 Å². The molecule has 56 valence electrons. The van der Waals surface area contributed by atoms with E-state index in [1.807, 2.05) is 0 Å². The second-order valence-corrected chi connectivity index (χ2v) is 2.65. The van der Waals surface area contributed by atoms with Crippen LogP contribution in [0.5, 0.6) is 0 Å². The summed E-state index contributed by atoms with van der Waals surface area (Å²) >= 11 is 0. The summed E-state index contributed by atoms with van der Waals surface area (Å²) in [5.74, 6) is 1.08. The number of ether oxygens (including phenoxy) is 1. The van der Waals surface area contributed by atoms with Crippen LogP contribution in [0.3, 0.4) is 0 Å². The van der Waals surface area contributed by atoms with E-state index in [1.54, 1.807) is 0 Å². The third kappa shape index (κ3) is 5.80. The second-order valence-electron chi connectivity index (χ2n) is 2.65. The highest BCUT2D eigenvalue weighted by molar-refractivity contribution is 4.65. The molecule has 2 rings (SSSR count). The standard InChI is InChI=1S/C4H8.C3H6O.H3N/c1-4-2-3-4;1-2-4-3-1;/h4H,2-3H2,1H3;1-3H2;1H3. The molecule has 0 spiro atoms. The first-order chi connectivity index (χ1) is 3.89. The van der Waals surface area contributed by atoms with Gasteiger partial charge < -0.3 is 10.9 Å². The maximum Gasteiger partial charge on any atom is 0.0488 e. The van der Waals surface area contributed by atoms with Crippen LogP contribution in [0.25, 0.3) is 0 Å². The van der Waals surface area contributed by atoms with E-state index >= 15 is 0 Å². The predicted octanol–water partition coefficient (Wildman–Crippen LogP) is 1.98. The molecule has 1 saturated carbocycles. The van der Waals surface area contributed by atoms with Gasteiger partial charge >= 0.3 is 0 Å². The molecule has 0 aromatic heterocycles. The Bertz CT molecular complexity index is 53.9. The highest BCUT2D eigenvalue weighted by Gasteiger charge is 2.12. The van der Waals surface area contributed by atoms with Crippen molar-refractivity contribution in [3.05, 3.63) is 0 Å². The molecule has 0 amide bonds. The average Bonchev–Trinajstić information content (AvgIpc) is 2.13. The van der Waals surface area contributed by atoms with Gasteiger partial charge in [0, 0.05) is 13.2 Å². The van der Waals surface area contributed by atoms with Crippen LogP contribution in [0.4, 0.5) is 0 Å². The summed E-state index contributed by atoms with van der Waals surface area (Å²) in [5.41, 5.74) is 0. The van der Waals surface area contributed by atoms with Gasteiger partial charge in [0.1, 0.15) is 0 Å². The second kappa shape index (κ2) is 4.77. The average molecular weight is 131 g/mol. The lowest BCUT2D eigenvalue weighted by atomic mass is 10.4. The van der Waals surface area contributed by atoms with Crippen LogP contribution in [0, 0.1) is 5.92 Å². The number of hydrogen-bond acceptors (Lipinski definition) is 2. The maximum atomic E-state index is 4.72. The van der Waals surface area contributed by atoms with E-state index < -0.39 is 0 Å². The van der Waals surface area contributed by atoms with Crippen molar-refractivity contribution in [3.63, 3.8) is 0 Å². The fourth-order valence-corrected chi connectivity index (χ4v) is 0.311. The fourth-order valence-electron chi connectivity index (χ4n) is 0.311. The molecule has 1 aliphatic carbocycles. The van der Waals surface area contributed by atoms with Crippen molar-refractivity contribution in [2.24, 2.45) is 5.92 Å². The van der Waals surface area contributed by atoms with Gasteiger partial charge in [0.05, 0.1) is 0 Å². The van der Waals surface area contributed by atoms with E-state index in [-0.39, 0.29) is 6.15 Å². The molecule has 0 aromatic carbocycles. The van der Waals surface area contributed by atoms with Crippen molar-refractivity contribution in [2.75, 3.05) is 13.2 Å². The van der Waals surface area contributed by atoms with Gasteiger partial charge in [0.15, 0.2) is 0 Å². The largest absolute Gasteiger partial charge is 0.381 e. The van der Waals surface area contributed by atoms with Gasteiger partial charge in [-0.3, -0.25) is 0 Å². The van der Waals surface area contributed by atoms with Crippen LogP contribution in [0.2, 0.25) is 0 Å². The smallest absolute Gasteiger partial charge is 0.0488 e. The Morgan fingerprint density at radius 1 is 1.22 bits per heavy atom. The topological polar surface area (TPSA) is 44.2 Å². The molecular formula is C7H17NO. The molecule has 0 bridgehead atoms. The fraction of sp³-hybridized carbons (Fsp3) is 1.00. The van der Waals surface area contributed by atoms with Gasteiger partial charge in [-0.25, -0.2) is 0 Å². The zero-order valence-electron chi connectivity index (χ0n) is 6.23. The minimum Gasteiger partial charge on any atom is -0.381 e. The Morgan fingerprint density at radius 3 is 1.44 bits per heavy atom. The van der Waals surface area contributed by atoms with Crippen LogP contribution in [0.1, 0.15) is 26.2 Å². The molecule has 0 atom stereocenters. The molecule has 0 radical (unpaired) electrons. The first-order valence-corrected chi connectivity index (χ1v) is 3.47. The first kappa shape index (κ1) is 8.92. The highest BCUT2D eigenvalue weighted by Crippen LogP contribution is 2.26. The molecule has 0 unspecified atom stereocenters. The summed E-state index contributed by atoms with van der Waals surface area (Å²) in [6.45, 7) is 4.28. The monoisotopic (exact) mass is 131 g/mol. The predicted molar refractivity (Wildman–Crippen MR) is 38.9 cm³/mol. The van der Waals surface area contributed by atoms with Crippen molar-refractivity contribution in [3.8, 4) is 0 Å². The lowest BCUT2D eigenvalue weighted by Crippen LogP contribution is -2.09. The van der Waals surface area contributed by atoms with Gasteiger partial charge in [-0.15, -0.1) is 0 Å². The molecule has 1 saturated heterocycles. The summed E-state index contributed by atoms with van der Waals surface area (Å²) in [5, 5.41) is 0. The number of rotatable bonds is 0. The van der Waals surface area contributed by atoms with E-state index in [0.717, 1.165) is 19.1 Å². The van der Waals surface area contributed by atoms with Crippen molar-refractivity contribution >= 4 is 0 Å². The van der Waals surface area contributed by atoms with Crippen molar-refractivity contribution in [1.82, 2.24) is 6.15 Å². The van der Waals surface area contributed by atoms with Gasteiger partial charge in [-0.1, -0.05) is 19.8 Å². The van der Waals surface area contributed by atoms with Gasteiger partial charge in [0.2, 0.25) is 0 Å². The Balaban J connectivity index is 0.000000128. The third-order valence-electron chi connectivity index (χ3n) is 1.44. The molecule has 9 heavy (non-hydrogen) atoms. The molecule has 0 aromatic rings. The Hall–Kier alpha value is -0.0800. The zero-order valence-corrected chi connectivity index (χ0v) is 6.23. The van der Waals surface area contributed by atoms with Crippen molar-refractivity contribution in [2.45, 2.75) is 26.2 Å². The van der Waals surface area contributed by atoms with Crippen LogP contribution in [0.15, 0.2) is 0 Å². The summed E-state index contributed by atoms with van der Waals surface area (Å²) in [6.07, 6.45) is 4.25. The van der Waals surface area contributed by atoms with Crippen molar-refractivity contribution in [1.29, 1.82) is 0 Å². The lowest BCUT2D eigenvalue weighted by Gasteiger charge is -2.09.